The molecule has 136 valence electrons. The minimum Gasteiger partial charge on any atom is -0.388 e. The van der Waals surface area contributed by atoms with Gasteiger partial charge in [0.2, 0.25) is 10.0 Å². The molecule has 1 aromatic heterocycles. The van der Waals surface area contributed by atoms with Crippen LogP contribution in [-0.4, -0.2) is 26.3 Å². The normalized spacial score (nSPS) is 11.5. The van der Waals surface area contributed by atoms with E-state index in [0.717, 1.165) is 34.0 Å². The largest absolute Gasteiger partial charge is 0.388 e. The van der Waals surface area contributed by atoms with Gasteiger partial charge in [0.15, 0.2) is 0 Å². The molecule has 3 rings (SSSR count). The van der Waals surface area contributed by atoms with Crippen molar-refractivity contribution in [3.05, 3.63) is 58.5 Å². The summed E-state index contributed by atoms with van der Waals surface area (Å²) in [5, 5.41) is 4.55. The van der Waals surface area contributed by atoms with Gasteiger partial charge in [-0.3, -0.25) is 9.52 Å². The smallest absolute Gasteiger partial charge is 0.258 e. The van der Waals surface area contributed by atoms with E-state index in [2.05, 4.69) is 10.0 Å². The van der Waals surface area contributed by atoms with Crippen molar-refractivity contribution in [2.45, 2.75) is 6.92 Å². The van der Waals surface area contributed by atoms with E-state index >= 15 is 0 Å². The van der Waals surface area contributed by atoms with Crippen LogP contribution < -0.4 is 15.6 Å². The molecule has 26 heavy (non-hydrogen) atoms. The molecule has 0 aliphatic carbocycles. The van der Waals surface area contributed by atoms with Crippen LogP contribution in [0.4, 0.5) is 11.4 Å². The summed E-state index contributed by atoms with van der Waals surface area (Å²) < 4.78 is 27.4. The SMILES string of the molecule is CNc1cccc2c(=O)n(C)cc(-c3ccc(C)c(NS(C)(=O)=O)c3)c12. The van der Waals surface area contributed by atoms with Crippen LogP contribution in [0.1, 0.15) is 5.56 Å². The number of sulfonamides is 1. The van der Waals surface area contributed by atoms with E-state index in [1.54, 1.807) is 29.9 Å². The van der Waals surface area contributed by atoms with Gasteiger partial charge in [0.1, 0.15) is 0 Å². The number of nitrogens with one attached hydrogen (secondary N) is 2. The molecular weight excluding hydrogens is 350 g/mol. The van der Waals surface area contributed by atoms with Crippen LogP contribution in [0.2, 0.25) is 0 Å². The number of hydrogen-bond donors (Lipinski definition) is 2. The maximum atomic E-state index is 12.5. The lowest BCUT2D eigenvalue weighted by atomic mass is 9.97. The lowest BCUT2D eigenvalue weighted by Crippen LogP contribution is -2.17. The summed E-state index contributed by atoms with van der Waals surface area (Å²) in [7, 11) is 0.130. The Balaban J connectivity index is 2.34. The molecule has 0 aliphatic rings. The topological polar surface area (TPSA) is 80.2 Å². The van der Waals surface area contributed by atoms with E-state index in [9.17, 15) is 13.2 Å². The number of aryl methyl sites for hydroxylation is 2. The van der Waals surface area contributed by atoms with E-state index in [1.165, 1.54) is 0 Å². The molecule has 0 aliphatic heterocycles. The first-order valence-electron chi connectivity index (χ1n) is 8.10. The number of anilines is 2. The number of aromatic nitrogens is 1. The van der Waals surface area contributed by atoms with Crippen LogP contribution in [0.25, 0.3) is 21.9 Å². The second-order valence-electron chi connectivity index (χ2n) is 6.34. The predicted octanol–water partition coefficient (Wildman–Crippen LogP) is 2.93. The zero-order valence-electron chi connectivity index (χ0n) is 15.1. The van der Waals surface area contributed by atoms with Crippen molar-refractivity contribution >= 4 is 32.2 Å². The van der Waals surface area contributed by atoms with Gasteiger partial charge in [-0.1, -0.05) is 18.2 Å². The van der Waals surface area contributed by atoms with Crippen LogP contribution >= 0.6 is 0 Å². The highest BCUT2D eigenvalue weighted by Crippen LogP contribution is 2.34. The Bertz CT molecular complexity index is 1160. The third kappa shape index (κ3) is 3.30. The molecule has 0 fully saturated rings. The van der Waals surface area contributed by atoms with Crippen molar-refractivity contribution < 1.29 is 8.42 Å². The third-order valence-electron chi connectivity index (χ3n) is 4.32. The zero-order chi connectivity index (χ0) is 19.1. The molecule has 3 aromatic rings. The first-order valence-corrected chi connectivity index (χ1v) is 9.99. The molecule has 2 aromatic carbocycles. The Kier molecular flexibility index (Phi) is 4.50. The number of pyridine rings is 1. The maximum Gasteiger partial charge on any atom is 0.258 e. The van der Waals surface area contributed by atoms with Gasteiger partial charge in [0, 0.05) is 42.3 Å². The molecule has 0 radical (unpaired) electrons. The highest BCUT2D eigenvalue weighted by Gasteiger charge is 2.14. The molecular formula is C19H21N3O3S. The summed E-state index contributed by atoms with van der Waals surface area (Å²) in [5.74, 6) is 0. The van der Waals surface area contributed by atoms with Gasteiger partial charge in [-0.15, -0.1) is 0 Å². The third-order valence-corrected chi connectivity index (χ3v) is 4.91. The fourth-order valence-corrected chi connectivity index (χ4v) is 3.67. The molecule has 1 heterocycles. The van der Waals surface area contributed by atoms with Crippen LogP contribution in [-0.2, 0) is 17.1 Å². The van der Waals surface area contributed by atoms with Crippen LogP contribution in [0, 0.1) is 6.92 Å². The van der Waals surface area contributed by atoms with E-state index in [1.807, 2.05) is 38.2 Å². The Morgan fingerprint density at radius 2 is 1.81 bits per heavy atom. The van der Waals surface area contributed by atoms with Crippen LogP contribution in [0.3, 0.4) is 0 Å². The lowest BCUT2D eigenvalue weighted by Gasteiger charge is -2.15. The molecule has 0 saturated heterocycles. The van der Waals surface area contributed by atoms with Gasteiger partial charge in [-0.2, -0.15) is 0 Å². The highest BCUT2D eigenvalue weighted by molar-refractivity contribution is 7.92. The quantitative estimate of drug-likeness (QED) is 0.739. The summed E-state index contributed by atoms with van der Waals surface area (Å²) in [6.45, 7) is 1.84. The second-order valence-corrected chi connectivity index (χ2v) is 8.09. The number of hydrogen-bond acceptors (Lipinski definition) is 4. The predicted molar refractivity (Wildman–Crippen MR) is 107 cm³/mol. The minimum absolute atomic E-state index is 0.0811. The van der Waals surface area contributed by atoms with Crippen LogP contribution in [0.5, 0.6) is 0 Å². The van der Waals surface area contributed by atoms with Crippen molar-refractivity contribution in [2.24, 2.45) is 7.05 Å². The van der Waals surface area contributed by atoms with E-state index in [-0.39, 0.29) is 5.56 Å². The monoisotopic (exact) mass is 371 g/mol. The van der Waals surface area contributed by atoms with Gasteiger partial charge in [-0.05, 0) is 36.2 Å². The summed E-state index contributed by atoms with van der Waals surface area (Å²) in [5.41, 5.74) is 3.78. The fraction of sp³-hybridized carbons (Fsp3) is 0.211. The van der Waals surface area contributed by atoms with Gasteiger partial charge in [0.25, 0.3) is 5.56 Å². The molecule has 7 heteroatoms. The number of nitrogens with zero attached hydrogens (tertiary/aromatic N) is 1. The lowest BCUT2D eigenvalue weighted by molar-refractivity contribution is 0.607. The summed E-state index contributed by atoms with van der Waals surface area (Å²) in [4.78, 5) is 12.5. The van der Waals surface area contributed by atoms with Crippen molar-refractivity contribution in [3.63, 3.8) is 0 Å². The number of benzene rings is 2. The van der Waals surface area contributed by atoms with Crippen molar-refractivity contribution in [1.29, 1.82) is 0 Å². The molecule has 0 spiro atoms. The van der Waals surface area contributed by atoms with E-state index in [4.69, 9.17) is 0 Å². The molecule has 0 unspecified atom stereocenters. The minimum atomic E-state index is -3.39. The highest BCUT2D eigenvalue weighted by atomic mass is 32.2. The summed E-state index contributed by atoms with van der Waals surface area (Å²) in [6.07, 6.45) is 2.90. The van der Waals surface area contributed by atoms with Crippen molar-refractivity contribution in [2.75, 3.05) is 23.3 Å². The molecule has 0 amide bonds. The van der Waals surface area contributed by atoms with E-state index < -0.39 is 10.0 Å². The maximum absolute atomic E-state index is 12.5. The first-order chi connectivity index (χ1) is 12.2. The molecule has 0 saturated carbocycles. The molecule has 0 bridgehead atoms. The summed E-state index contributed by atoms with van der Waals surface area (Å²) in [6, 6.07) is 11.1. The molecule has 2 N–H and O–H groups in total. The molecule has 6 nitrogen and oxygen atoms in total. The fourth-order valence-electron chi connectivity index (χ4n) is 3.05. The second kappa shape index (κ2) is 6.49. The van der Waals surface area contributed by atoms with Crippen molar-refractivity contribution in [3.8, 4) is 11.1 Å². The Hall–Kier alpha value is -2.80. The van der Waals surface area contributed by atoms with Gasteiger partial charge < -0.3 is 9.88 Å². The molecule has 0 atom stereocenters. The average Bonchev–Trinajstić information content (AvgIpc) is 2.58. The van der Waals surface area contributed by atoms with Gasteiger partial charge in [0.05, 0.1) is 11.9 Å². The standard InChI is InChI=1S/C19H21N3O3S/c1-12-8-9-13(10-17(12)21-26(4,24)25)15-11-22(3)19(23)14-6-5-7-16(20-2)18(14)15/h5-11,20-21H,1-4H3. The number of fused-ring (bicyclic) bond motifs is 1. The average molecular weight is 371 g/mol. The zero-order valence-corrected chi connectivity index (χ0v) is 15.9. The Morgan fingerprint density at radius 3 is 2.46 bits per heavy atom. The van der Waals surface area contributed by atoms with Gasteiger partial charge >= 0.3 is 0 Å². The van der Waals surface area contributed by atoms with Crippen LogP contribution in [0.15, 0.2) is 47.4 Å². The first kappa shape index (κ1) is 18.0. The summed E-state index contributed by atoms with van der Waals surface area (Å²) >= 11 is 0. The van der Waals surface area contributed by atoms with Gasteiger partial charge in [-0.25, -0.2) is 8.42 Å². The Morgan fingerprint density at radius 1 is 1.08 bits per heavy atom. The number of rotatable bonds is 4. The van der Waals surface area contributed by atoms with E-state index in [0.29, 0.717) is 11.1 Å². The van der Waals surface area contributed by atoms with Crippen molar-refractivity contribution in [1.82, 2.24) is 4.57 Å². The Labute approximate surface area is 152 Å².